The Kier molecular flexibility index (Phi) is 5.75. The number of likely N-dealkylation sites (tertiary alicyclic amines) is 1. The molecule has 0 aromatic heterocycles. The van der Waals surface area contributed by atoms with Crippen LogP contribution in [0.2, 0.25) is 0 Å². The summed E-state index contributed by atoms with van der Waals surface area (Å²) < 4.78 is 0. The first-order valence-corrected chi connectivity index (χ1v) is 9.48. The van der Waals surface area contributed by atoms with E-state index < -0.39 is 0 Å². The highest BCUT2D eigenvalue weighted by atomic mass is 16.1. The van der Waals surface area contributed by atoms with E-state index >= 15 is 0 Å². The normalized spacial score (nSPS) is 26.9. The summed E-state index contributed by atoms with van der Waals surface area (Å²) in [6.07, 6.45) is 12.3. The molecule has 0 unspecified atom stereocenters. The van der Waals surface area contributed by atoms with Gasteiger partial charge in [-0.25, -0.2) is 0 Å². The maximum atomic E-state index is 12.2. The molecule has 0 aromatic rings. The molecule has 1 spiro atoms. The lowest BCUT2D eigenvalue weighted by Gasteiger charge is -2.33. The van der Waals surface area contributed by atoms with Gasteiger partial charge in [-0.1, -0.05) is 25.7 Å². The summed E-state index contributed by atoms with van der Waals surface area (Å²) in [5.74, 6) is 0.276. The van der Waals surface area contributed by atoms with E-state index in [0.29, 0.717) is 17.9 Å². The Labute approximate surface area is 135 Å². The minimum atomic E-state index is 0.276. The standard InChI is InChI=1S/C18H33N3O/c22-17(20-16-5-3-1-2-4-6-16)7-13-21-14-10-18(15-21)8-11-19-12-9-18/h16,19H,1-15H2,(H,20,22). The van der Waals surface area contributed by atoms with Gasteiger partial charge in [0, 0.05) is 25.6 Å². The minimum absolute atomic E-state index is 0.276. The lowest BCUT2D eigenvalue weighted by Crippen LogP contribution is -2.39. The number of amides is 1. The number of nitrogens with zero attached hydrogens (tertiary/aromatic N) is 1. The van der Waals surface area contributed by atoms with Gasteiger partial charge in [-0.05, 0) is 57.2 Å². The van der Waals surface area contributed by atoms with Crippen LogP contribution in [0.3, 0.4) is 0 Å². The average molecular weight is 307 g/mol. The Morgan fingerprint density at radius 2 is 1.82 bits per heavy atom. The highest BCUT2D eigenvalue weighted by Crippen LogP contribution is 2.38. The number of hydrogen-bond donors (Lipinski definition) is 2. The number of hydrogen-bond acceptors (Lipinski definition) is 3. The van der Waals surface area contributed by atoms with E-state index in [1.54, 1.807) is 0 Å². The maximum absolute atomic E-state index is 12.2. The summed E-state index contributed by atoms with van der Waals surface area (Å²) in [7, 11) is 0. The fourth-order valence-electron chi connectivity index (χ4n) is 4.57. The lowest BCUT2D eigenvalue weighted by molar-refractivity contribution is -0.122. The molecule has 3 aliphatic rings. The van der Waals surface area contributed by atoms with Crippen molar-refractivity contribution in [2.75, 3.05) is 32.7 Å². The smallest absolute Gasteiger partial charge is 0.221 e. The van der Waals surface area contributed by atoms with Gasteiger partial charge in [0.1, 0.15) is 0 Å². The van der Waals surface area contributed by atoms with Crippen molar-refractivity contribution in [2.45, 2.75) is 70.3 Å². The molecular formula is C18H33N3O. The van der Waals surface area contributed by atoms with Gasteiger partial charge < -0.3 is 15.5 Å². The number of rotatable bonds is 4. The first-order chi connectivity index (χ1) is 10.8. The minimum Gasteiger partial charge on any atom is -0.353 e. The molecule has 3 fully saturated rings. The van der Waals surface area contributed by atoms with Crippen molar-refractivity contribution in [3.8, 4) is 0 Å². The van der Waals surface area contributed by atoms with Crippen LogP contribution in [0.1, 0.15) is 64.2 Å². The monoisotopic (exact) mass is 307 g/mol. The van der Waals surface area contributed by atoms with Crippen molar-refractivity contribution in [1.29, 1.82) is 0 Å². The SMILES string of the molecule is O=C(CCN1CCC2(CCNCC2)C1)NC1CCCCCC1. The lowest BCUT2D eigenvalue weighted by atomic mass is 9.78. The van der Waals surface area contributed by atoms with Crippen molar-refractivity contribution in [2.24, 2.45) is 5.41 Å². The van der Waals surface area contributed by atoms with E-state index in [1.165, 1.54) is 84.0 Å². The largest absolute Gasteiger partial charge is 0.353 e. The van der Waals surface area contributed by atoms with E-state index in [2.05, 4.69) is 15.5 Å². The van der Waals surface area contributed by atoms with Crippen LogP contribution in [0, 0.1) is 5.41 Å². The van der Waals surface area contributed by atoms with E-state index in [-0.39, 0.29) is 5.91 Å². The average Bonchev–Trinajstić information content (AvgIpc) is 2.73. The van der Waals surface area contributed by atoms with Crippen molar-refractivity contribution in [3.63, 3.8) is 0 Å². The molecule has 3 rings (SSSR count). The van der Waals surface area contributed by atoms with Crippen LogP contribution in [-0.4, -0.2) is 49.6 Å². The fraction of sp³-hybridized carbons (Fsp3) is 0.944. The quantitative estimate of drug-likeness (QED) is 0.783. The molecule has 0 radical (unpaired) electrons. The second kappa shape index (κ2) is 7.78. The van der Waals surface area contributed by atoms with E-state index in [1.807, 2.05) is 0 Å². The molecule has 2 saturated heterocycles. The number of nitrogens with one attached hydrogen (secondary N) is 2. The summed E-state index contributed by atoms with van der Waals surface area (Å²) in [6.45, 7) is 5.71. The third kappa shape index (κ3) is 4.45. The summed E-state index contributed by atoms with van der Waals surface area (Å²) in [4.78, 5) is 14.7. The number of carbonyl (C=O) groups is 1. The molecule has 0 aromatic carbocycles. The summed E-state index contributed by atoms with van der Waals surface area (Å²) >= 11 is 0. The van der Waals surface area contributed by atoms with Crippen LogP contribution < -0.4 is 10.6 Å². The first-order valence-electron chi connectivity index (χ1n) is 9.48. The van der Waals surface area contributed by atoms with Gasteiger partial charge in [0.25, 0.3) is 0 Å². The first kappa shape index (κ1) is 16.3. The van der Waals surface area contributed by atoms with Gasteiger partial charge in [-0.15, -0.1) is 0 Å². The Morgan fingerprint density at radius 3 is 2.55 bits per heavy atom. The van der Waals surface area contributed by atoms with Gasteiger partial charge in [0.15, 0.2) is 0 Å². The maximum Gasteiger partial charge on any atom is 0.221 e. The van der Waals surface area contributed by atoms with Gasteiger partial charge >= 0.3 is 0 Å². The van der Waals surface area contributed by atoms with E-state index in [9.17, 15) is 4.79 Å². The molecule has 1 amide bonds. The van der Waals surface area contributed by atoms with Crippen LogP contribution in [-0.2, 0) is 4.79 Å². The molecule has 1 saturated carbocycles. The van der Waals surface area contributed by atoms with Gasteiger partial charge in [-0.2, -0.15) is 0 Å². The topological polar surface area (TPSA) is 44.4 Å². The molecule has 2 aliphatic heterocycles. The summed E-state index contributed by atoms with van der Waals surface area (Å²) in [5, 5.41) is 6.75. The molecule has 4 heteroatoms. The second-order valence-corrected chi connectivity index (χ2v) is 7.78. The van der Waals surface area contributed by atoms with Crippen molar-refractivity contribution in [1.82, 2.24) is 15.5 Å². The molecule has 2 heterocycles. The third-order valence-corrected chi connectivity index (χ3v) is 6.06. The number of carbonyl (C=O) groups excluding carboxylic acids is 1. The van der Waals surface area contributed by atoms with Crippen molar-refractivity contribution < 1.29 is 4.79 Å². The van der Waals surface area contributed by atoms with Crippen LogP contribution >= 0.6 is 0 Å². The van der Waals surface area contributed by atoms with Gasteiger partial charge in [0.05, 0.1) is 0 Å². The van der Waals surface area contributed by atoms with E-state index in [4.69, 9.17) is 0 Å². The molecule has 1 aliphatic carbocycles. The molecule has 126 valence electrons. The Balaban J connectivity index is 1.36. The molecule has 2 N–H and O–H groups in total. The number of piperidine rings is 1. The fourth-order valence-corrected chi connectivity index (χ4v) is 4.57. The Morgan fingerprint density at radius 1 is 1.09 bits per heavy atom. The molecular weight excluding hydrogens is 274 g/mol. The predicted octanol–water partition coefficient (Wildman–Crippen LogP) is 2.29. The zero-order chi connectivity index (χ0) is 15.3. The molecule has 22 heavy (non-hydrogen) atoms. The summed E-state index contributed by atoms with van der Waals surface area (Å²) in [6, 6.07) is 0.448. The molecule has 0 atom stereocenters. The van der Waals surface area contributed by atoms with Gasteiger partial charge in [-0.3, -0.25) is 4.79 Å². The Bertz CT molecular complexity index is 357. The molecule has 4 nitrogen and oxygen atoms in total. The molecule has 0 bridgehead atoms. The third-order valence-electron chi connectivity index (χ3n) is 6.06. The zero-order valence-electron chi connectivity index (χ0n) is 14.0. The van der Waals surface area contributed by atoms with Crippen LogP contribution in [0.25, 0.3) is 0 Å². The second-order valence-electron chi connectivity index (χ2n) is 7.78. The predicted molar refractivity (Wildman–Crippen MR) is 89.8 cm³/mol. The van der Waals surface area contributed by atoms with E-state index in [0.717, 1.165) is 6.54 Å². The van der Waals surface area contributed by atoms with Crippen LogP contribution in [0.15, 0.2) is 0 Å². The van der Waals surface area contributed by atoms with Crippen LogP contribution in [0.4, 0.5) is 0 Å². The zero-order valence-corrected chi connectivity index (χ0v) is 14.0. The summed E-state index contributed by atoms with van der Waals surface area (Å²) in [5.41, 5.74) is 0.559. The van der Waals surface area contributed by atoms with Crippen molar-refractivity contribution in [3.05, 3.63) is 0 Å². The highest BCUT2D eigenvalue weighted by Gasteiger charge is 2.38. The Hall–Kier alpha value is -0.610. The van der Waals surface area contributed by atoms with Crippen LogP contribution in [0.5, 0.6) is 0 Å². The highest BCUT2D eigenvalue weighted by molar-refractivity contribution is 5.76. The van der Waals surface area contributed by atoms with Gasteiger partial charge in [0.2, 0.25) is 5.91 Å². The van der Waals surface area contributed by atoms with Crippen molar-refractivity contribution >= 4 is 5.91 Å².